The first-order valence-electron chi connectivity index (χ1n) is 8.13. The summed E-state index contributed by atoms with van der Waals surface area (Å²) in [5.41, 5.74) is -0.645. The Kier molecular flexibility index (Phi) is 4.13. The van der Waals surface area contributed by atoms with Crippen molar-refractivity contribution in [2.24, 2.45) is 7.05 Å². The number of aromatic nitrogens is 7. The van der Waals surface area contributed by atoms with E-state index in [0.29, 0.717) is 31.0 Å². The molecule has 0 aliphatic carbocycles. The monoisotopic (exact) mass is 381 g/mol. The van der Waals surface area contributed by atoms with Gasteiger partial charge in [0.1, 0.15) is 23.1 Å². The SMILES string of the molecule is Cn1ncc([C@@H]2C[C@H](c3ncc4nc(C(F)(F)F)[nH]c(=O)c4n3)CCO2)n1. The maximum Gasteiger partial charge on any atom is 0.449 e. The average molecular weight is 381 g/mol. The quantitative estimate of drug-likeness (QED) is 0.716. The normalized spacial score (nSPS) is 20.9. The molecule has 9 nitrogen and oxygen atoms in total. The van der Waals surface area contributed by atoms with Crippen molar-refractivity contribution in [2.75, 3.05) is 6.61 Å². The fraction of sp³-hybridized carbons (Fsp3) is 0.467. The molecule has 0 aromatic carbocycles. The zero-order valence-corrected chi connectivity index (χ0v) is 14.1. The van der Waals surface area contributed by atoms with Crippen LogP contribution in [-0.4, -0.2) is 41.5 Å². The molecule has 0 spiro atoms. The second-order valence-electron chi connectivity index (χ2n) is 6.21. The van der Waals surface area contributed by atoms with E-state index in [4.69, 9.17) is 4.74 Å². The van der Waals surface area contributed by atoms with Crippen LogP contribution in [0.15, 0.2) is 17.2 Å². The lowest BCUT2D eigenvalue weighted by atomic mass is 9.93. The molecule has 12 heteroatoms. The second kappa shape index (κ2) is 6.37. The molecule has 0 amide bonds. The Balaban J connectivity index is 1.65. The van der Waals surface area contributed by atoms with Crippen LogP contribution in [0.1, 0.15) is 42.2 Å². The van der Waals surface area contributed by atoms with Gasteiger partial charge in [-0.2, -0.15) is 28.2 Å². The van der Waals surface area contributed by atoms with Crippen molar-refractivity contribution in [1.82, 2.24) is 34.9 Å². The molecule has 142 valence electrons. The molecule has 0 bridgehead atoms. The van der Waals surface area contributed by atoms with Crippen LogP contribution in [0.4, 0.5) is 13.2 Å². The number of halogens is 3. The Morgan fingerprint density at radius 3 is 2.81 bits per heavy atom. The lowest BCUT2D eigenvalue weighted by Gasteiger charge is -2.27. The molecule has 27 heavy (non-hydrogen) atoms. The van der Waals surface area contributed by atoms with Crippen LogP contribution in [0.5, 0.6) is 0 Å². The van der Waals surface area contributed by atoms with E-state index < -0.39 is 17.6 Å². The van der Waals surface area contributed by atoms with Gasteiger partial charge in [-0.3, -0.25) is 4.79 Å². The number of aromatic amines is 1. The Morgan fingerprint density at radius 1 is 1.30 bits per heavy atom. The van der Waals surface area contributed by atoms with Crippen molar-refractivity contribution in [1.29, 1.82) is 0 Å². The number of H-pyrrole nitrogens is 1. The molecule has 3 aromatic rings. The summed E-state index contributed by atoms with van der Waals surface area (Å²) in [6.07, 6.45) is -1.14. The summed E-state index contributed by atoms with van der Waals surface area (Å²) >= 11 is 0. The zero-order chi connectivity index (χ0) is 19.2. The Bertz CT molecular complexity index is 1050. The van der Waals surface area contributed by atoms with Crippen LogP contribution < -0.4 is 5.56 Å². The summed E-state index contributed by atoms with van der Waals surface area (Å²) in [6, 6.07) is 0. The Morgan fingerprint density at radius 2 is 2.11 bits per heavy atom. The second-order valence-corrected chi connectivity index (χ2v) is 6.21. The van der Waals surface area contributed by atoms with Gasteiger partial charge in [0.15, 0.2) is 5.52 Å². The molecule has 3 aromatic heterocycles. The maximum atomic E-state index is 12.8. The summed E-state index contributed by atoms with van der Waals surface area (Å²) in [5.74, 6) is -1.13. The minimum absolute atomic E-state index is 0.128. The summed E-state index contributed by atoms with van der Waals surface area (Å²) in [4.78, 5) is 26.9. The molecule has 0 unspecified atom stereocenters. The Hall–Kier alpha value is -2.89. The third-order valence-electron chi connectivity index (χ3n) is 4.33. The van der Waals surface area contributed by atoms with E-state index in [2.05, 4.69) is 25.1 Å². The zero-order valence-electron chi connectivity index (χ0n) is 14.1. The third-order valence-corrected chi connectivity index (χ3v) is 4.33. The number of fused-ring (bicyclic) bond motifs is 1. The van der Waals surface area contributed by atoms with E-state index in [1.165, 1.54) is 4.80 Å². The van der Waals surface area contributed by atoms with E-state index in [9.17, 15) is 18.0 Å². The van der Waals surface area contributed by atoms with Gasteiger partial charge in [-0.1, -0.05) is 0 Å². The summed E-state index contributed by atoms with van der Waals surface area (Å²) in [6.45, 7) is 0.439. The van der Waals surface area contributed by atoms with E-state index in [1.807, 2.05) is 0 Å². The first-order valence-corrected chi connectivity index (χ1v) is 8.13. The number of rotatable bonds is 2. The number of nitrogens with zero attached hydrogens (tertiary/aromatic N) is 6. The number of hydrogen-bond acceptors (Lipinski definition) is 7. The number of alkyl halides is 3. The largest absolute Gasteiger partial charge is 0.449 e. The topological polar surface area (TPSA) is 111 Å². The van der Waals surface area contributed by atoms with Crippen molar-refractivity contribution >= 4 is 11.0 Å². The third kappa shape index (κ3) is 3.39. The number of aryl methyl sites for hydroxylation is 1. The predicted octanol–water partition coefficient (Wildman–Crippen LogP) is 1.50. The summed E-state index contributed by atoms with van der Waals surface area (Å²) < 4.78 is 44.0. The van der Waals surface area contributed by atoms with Gasteiger partial charge in [-0.05, 0) is 12.8 Å². The maximum absolute atomic E-state index is 12.8. The lowest BCUT2D eigenvalue weighted by Crippen LogP contribution is -2.23. The van der Waals surface area contributed by atoms with E-state index >= 15 is 0 Å². The lowest BCUT2D eigenvalue weighted by molar-refractivity contribution is -0.144. The number of ether oxygens (including phenoxy) is 1. The number of nitrogens with one attached hydrogen (secondary N) is 1. The minimum atomic E-state index is -4.75. The van der Waals surface area contributed by atoms with Crippen LogP contribution in [0, 0.1) is 0 Å². The highest BCUT2D eigenvalue weighted by Crippen LogP contribution is 2.35. The molecule has 1 N–H and O–H groups in total. The molecular formula is C15H14F3N7O2. The van der Waals surface area contributed by atoms with E-state index in [-0.39, 0.29) is 23.1 Å². The highest BCUT2D eigenvalue weighted by Gasteiger charge is 2.35. The van der Waals surface area contributed by atoms with Crippen molar-refractivity contribution in [2.45, 2.75) is 31.0 Å². The molecule has 1 fully saturated rings. The summed E-state index contributed by atoms with van der Waals surface area (Å²) in [5, 5.41) is 8.25. The standard InChI is InChI=1S/C15H14F3N7O2/c1-25-20-6-8(24-25)10-4-7(2-3-27-10)12-19-5-9-11(22-12)13(26)23-14(21-9)15(16,17)18/h5-7,10H,2-4H2,1H3,(H,21,23,26)/t7-,10+/m1/s1. The first-order chi connectivity index (χ1) is 12.8. The van der Waals surface area contributed by atoms with Crippen molar-refractivity contribution in [3.8, 4) is 0 Å². The molecule has 4 rings (SSSR count). The van der Waals surface area contributed by atoms with Crippen molar-refractivity contribution in [3.05, 3.63) is 40.1 Å². The van der Waals surface area contributed by atoms with Gasteiger partial charge in [0.25, 0.3) is 5.56 Å². The first kappa shape index (κ1) is 17.5. The van der Waals surface area contributed by atoms with Crippen molar-refractivity contribution < 1.29 is 17.9 Å². The smallest absolute Gasteiger partial charge is 0.372 e. The van der Waals surface area contributed by atoms with Crippen LogP contribution >= 0.6 is 0 Å². The molecule has 4 heterocycles. The van der Waals surface area contributed by atoms with Crippen LogP contribution in [-0.2, 0) is 18.0 Å². The average Bonchev–Trinajstić information content (AvgIpc) is 3.07. The highest BCUT2D eigenvalue weighted by atomic mass is 19.4. The van der Waals surface area contributed by atoms with Gasteiger partial charge in [0, 0.05) is 19.6 Å². The molecular weight excluding hydrogens is 367 g/mol. The van der Waals surface area contributed by atoms with E-state index in [0.717, 1.165) is 6.20 Å². The van der Waals surface area contributed by atoms with Crippen molar-refractivity contribution in [3.63, 3.8) is 0 Å². The van der Waals surface area contributed by atoms with Gasteiger partial charge in [-0.25, -0.2) is 15.0 Å². The fourth-order valence-electron chi connectivity index (χ4n) is 3.03. The molecule has 1 aliphatic heterocycles. The van der Waals surface area contributed by atoms with Gasteiger partial charge < -0.3 is 9.72 Å². The Labute approximate surface area is 149 Å². The molecule has 0 saturated carbocycles. The molecule has 1 saturated heterocycles. The van der Waals surface area contributed by atoms with Gasteiger partial charge >= 0.3 is 6.18 Å². The van der Waals surface area contributed by atoms with Crippen LogP contribution in [0.2, 0.25) is 0 Å². The summed E-state index contributed by atoms with van der Waals surface area (Å²) in [7, 11) is 1.70. The van der Waals surface area contributed by atoms with E-state index in [1.54, 1.807) is 18.2 Å². The van der Waals surface area contributed by atoms with Crippen LogP contribution in [0.25, 0.3) is 11.0 Å². The van der Waals surface area contributed by atoms with Gasteiger partial charge in [0.05, 0.1) is 12.4 Å². The fourth-order valence-corrected chi connectivity index (χ4v) is 3.03. The molecule has 1 aliphatic rings. The van der Waals surface area contributed by atoms with Gasteiger partial charge in [-0.15, -0.1) is 0 Å². The van der Waals surface area contributed by atoms with Crippen LogP contribution in [0.3, 0.4) is 0 Å². The predicted molar refractivity (Wildman–Crippen MR) is 84.6 cm³/mol. The minimum Gasteiger partial charge on any atom is -0.372 e. The number of hydrogen-bond donors (Lipinski definition) is 1. The molecule has 2 atom stereocenters. The molecule has 0 radical (unpaired) electrons. The van der Waals surface area contributed by atoms with Gasteiger partial charge in [0.2, 0.25) is 5.82 Å². The highest BCUT2D eigenvalue weighted by molar-refractivity contribution is 5.71.